The molecule has 1 rings (SSSR count). The number of halogens is 2. The summed E-state index contributed by atoms with van der Waals surface area (Å²) >= 11 is 3.26. The lowest BCUT2D eigenvalue weighted by Crippen LogP contribution is -2.26. The highest BCUT2D eigenvalue weighted by molar-refractivity contribution is 9.10. The van der Waals surface area contributed by atoms with Crippen molar-refractivity contribution in [2.75, 3.05) is 7.05 Å². The monoisotopic (exact) mass is 345 g/mol. The van der Waals surface area contributed by atoms with E-state index in [0.29, 0.717) is 18.4 Å². The number of unbranched alkanes of at least 4 members (excludes halogenated alkanes) is 1. The topological polar surface area (TPSA) is 57.6 Å². The maximum atomic E-state index is 13.6. The summed E-state index contributed by atoms with van der Waals surface area (Å²) in [6.45, 7) is 0.197. The van der Waals surface area contributed by atoms with Crippen LogP contribution in [0.3, 0.4) is 0 Å². The average molecular weight is 346 g/mol. The first-order valence-electron chi connectivity index (χ1n) is 6.30. The number of aliphatic carboxylic acids is 1. The minimum Gasteiger partial charge on any atom is -0.481 e. The Kier molecular flexibility index (Phi) is 6.64. The van der Waals surface area contributed by atoms with E-state index in [4.69, 9.17) is 5.11 Å². The molecular formula is C14H17BrFNO3. The third kappa shape index (κ3) is 5.69. The van der Waals surface area contributed by atoms with Crippen LogP contribution in [0.4, 0.5) is 4.39 Å². The third-order valence-corrected chi connectivity index (χ3v) is 3.37. The van der Waals surface area contributed by atoms with Crippen LogP contribution >= 0.6 is 15.9 Å². The number of carbonyl (C=O) groups is 2. The fraction of sp³-hybridized carbons (Fsp3) is 0.429. The van der Waals surface area contributed by atoms with E-state index in [9.17, 15) is 14.0 Å². The second kappa shape index (κ2) is 7.99. The lowest BCUT2D eigenvalue weighted by molar-refractivity contribution is -0.137. The highest BCUT2D eigenvalue weighted by Crippen LogP contribution is 2.17. The van der Waals surface area contributed by atoms with Gasteiger partial charge in [0.2, 0.25) is 5.91 Å². The second-order valence-electron chi connectivity index (χ2n) is 4.59. The number of benzene rings is 1. The summed E-state index contributed by atoms with van der Waals surface area (Å²) in [5.41, 5.74) is 0.445. The van der Waals surface area contributed by atoms with Gasteiger partial charge in [-0.15, -0.1) is 0 Å². The molecule has 0 bridgehead atoms. The van der Waals surface area contributed by atoms with Gasteiger partial charge in [0.15, 0.2) is 0 Å². The number of nitrogens with zero attached hydrogens (tertiary/aromatic N) is 1. The first-order chi connectivity index (χ1) is 9.40. The normalized spacial score (nSPS) is 10.3. The first kappa shape index (κ1) is 16.6. The molecule has 0 saturated heterocycles. The molecule has 0 unspecified atom stereocenters. The van der Waals surface area contributed by atoms with Crippen LogP contribution in [0.5, 0.6) is 0 Å². The van der Waals surface area contributed by atoms with Crippen molar-refractivity contribution >= 4 is 27.8 Å². The van der Waals surface area contributed by atoms with E-state index in [2.05, 4.69) is 15.9 Å². The van der Waals surface area contributed by atoms with Crippen molar-refractivity contribution in [1.29, 1.82) is 0 Å². The highest BCUT2D eigenvalue weighted by atomic mass is 79.9. The van der Waals surface area contributed by atoms with E-state index in [-0.39, 0.29) is 31.1 Å². The van der Waals surface area contributed by atoms with Crippen molar-refractivity contribution in [3.05, 3.63) is 34.1 Å². The van der Waals surface area contributed by atoms with Crippen LogP contribution in [0, 0.1) is 5.82 Å². The molecule has 1 aromatic carbocycles. The average Bonchev–Trinajstić information content (AvgIpc) is 2.38. The van der Waals surface area contributed by atoms with Gasteiger partial charge in [-0.3, -0.25) is 9.59 Å². The number of hydrogen-bond acceptors (Lipinski definition) is 2. The Balaban J connectivity index is 2.45. The molecule has 0 radical (unpaired) electrons. The molecule has 0 aliphatic heterocycles. The van der Waals surface area contributed by atoms with Crippen LogP contribution in [-0.4, -0.2) is 28.9 Å². The molecule has 0 spiro atoms. The Labute approximate surface area is 125 Å². The molecule has 0 aliphatic carbocycles. The predicted octanol–water partition coefficient (Wildman–Crippen LogP) is 3.19. The molecular weight excluding hydrogens is 329 g/mol. The van der Waals surface area contributed by atoms with Crippen LogP contribution in [0.25, 0.3) is 0 Å². The fourth-order valence-electron chi connectivity index (χ4n) is 1.75. The van der Waals surface area contributed by atoms with Gasteiger partial charge in [-0.2, -0.15) is 0 Å². The smallest absolute Gasteiger partial charge is 0.303 e. The zero-order valence-corrected chi connectivity index (χ0v) is 12.8. The molecule has 0 aromatic heterocycles. The van der Waals surface area contributed by atoms with Crippen molar-refractivity contribution < 1.29 is 19.1 Å². The zero-order chi connectivity index (χ0) is 15.1. The van der Waals surface area contributed by atoms with Gasteiger partial charge in [0.25, 0.3) is 0 Å². The van der Waals surface area contributed by atoms with Crippen LogP contribution < -0.4 is 0 Å². The predicted molar refractivity (Wildman–Crippen MR) is 76.7 cm³/mol. The number of carboxylic acids is 1. The van der Waals surface area contributed by atoms with Crippen molar-refractivity contribution in [3.8, 4) is 0 Å². The Morgan fingerprint density at radius 1 is 1.30 bits per heavy atom. The van der Waals surface area contributed by atoms with Gasteiger partial charge in [0.1, 0.15) is 5.82 Å². The molecule has 0 atom stereocenters. The van der Waals surface area contributed by atoms with Crippen molar-refractivity contribution in [1.82, 2.24) is 4.90 Å². The van der Waals surface area contributed by atoms with Crippen molar-refractivity contribution in [2.24, 2.45) is 0 Å². The maximum Gasteiger partial charge on any atom is 0.303 e. The highest BCUT2D eigenvalue weighted by Gasteiger charge is 2.12. The first-order valence-corrected chi connectivity index (χ1v) is 7.09. The third-order valence-electron chi connectivity index (χ3n) is 2.87. The number of carboxylic acid groups (broad SMARTS) is 1. The van der Waals surface area contributed by atoms with E-state index in [1.807, 2.05) is 0 Å². The number of amides is 1. The van der Waals surface area contributed by atoms with E-state index < -0.39 is 5.97 Å². The van der Waals surface area contributed by atoms with Gasteiger partial charge >= 0.3 is 5.97 Å². The van der Waals surface area contributed by atoms with Gasteiger partial charge in [-0.1, -0.05) is 15.9 Å². The van der Waals surface area contributed by atoms with Gasteiger partial charge < -0.3 is 10.0 Å². The summed E-state index contributed by atoms with van der Waals surface area (Å²) in [7, 11) is 1.61. The molecule has 110 valence electrons. The quantitative estimate of drug-likeness (QED) is 0.772. The summed E-state index contributed by atoms with van der Waals surface area (Å²) in [5, 5.41) is 8.50. The van der Waals surface area contributed by atoms with E-state index in [1.54, 1.807) is 19.2 Å². The van der Waals surface area contributed by atoms with Crippen LogP contribution in [0.2, 0.25) is 0 Å². The molecule has 1 aromatic rings. The summed E-state index contributed by atoms with van der Waals surface area (Å²) in [6.07, 6.45) is 1.34. The Morgan fingerprint density at radius 3 is 2.60 bits per heavy atom. The summed E-state index contributed by atoms with van der Waals surface area (Å²) in [5.74, 6) is -1.32. The lowest BCUT2D eigenvalue weighted by atomic mass is 10.1. The molecule has 0 fully saturated rings. The summed E-state index contributed by atoms with van der Waals surface area (Å²) in [6, 6.07) is 4.60. The number of rotatable bonds is 7. The largest absolute Gasteiger partial charge is 0.481 e. The number of carbonyl (C=O) groups excluding carboxylic acids is 1. The minimum absolute atomic E-state index is 0.0667. The van der Waals surface area contributed by atoms with E-state index in [1.165, 1.54) is 11.0 Å². The summed E-state index contributed by atoms with van der Waals surface area (Å²) < 4.78 is 14.3. The van der Waals surface area contributed by atoms with E-state index >= 15 is 0 Å². The second-order valence-corrected chi connectivity index (χ2v) is 5.50. The molecule has 1 N–H and O–H groups in total. The fourth-order valence-corrected chi connectivity index (χ4v) is 2.16. The van der Waals surface area contributed by atoms with Crippen molar-refractivity contribution in [3.63, 3.8) is 0 Å². The molecule has 0 saturated carbocycles. The number of hydrogen-bond donors (Lipinski definition) is 1. The summed E-state index contributed by atoms with van der Waals surface area (Å²) in [4.78, 5) is 23.6. The van der Waals surface area contributed by atoms with Crippen LogP contribution in [-0.2, 0) is 16.1 Å². The van der Waals surface area contributed by atoms with Gasteiger partial charge in [0.05, 0.1) is 0 Å². The van der Waals surface area contributed by atoms with E-state index in [0.717, 1.165) is 4.47 Å². The van der Waals surface area contributed by atoms with Crippen LogP contribution in [0.1, 0.15) is 31.2 Å². The SMILES string of the molecule is CN(Cc1cc(Br)ccc1F)C(=O)CCCCC(=O)O. The van der Waals surface area contributed by atoms with Crippen LogP contribution in [0.15, 0.2) is 22.7 Å². The molecule has 6 heteroatoms. The molecule has 20 heavy (non-hydrogen) atoms. The molecule has 1 amide bonds. The molecule has 0 heterocycles. The lowest BCUT2D eigenvalue weighted by Gasteiger charge is -2.17. The van der Waals surface area contributed by atoms with Gasteiger partial charge in [0, 0.05) is 36.5 Å². The van der Waals surface area contributed by atoms with Gasteiger partial charge in [-0.25, -0.2) is 4.39 Å². The molecule has 4 nitrogen and oxygen atoms in total. The van der Waals surface area contributed by atoms with Crippen molar-refractivity contribution in [2.45, 2.75) is 32.2 Å². The Morgan fingerprint density at radius 2 is 1.95 bits per heavy atom. The van der Waals surface area contributed by atoms with Gasteiger partial charge in [-0.05, 0) is 31.0 Å². The zero-order valence-electron chi connectivity index (χ0n) is 11.2. The molecule has 0 aliphatic rings. The standard InChI is InChI=1S/C14H17BrFNO3/c1-17(13(18)4-2-3-5-14(19)20)9-10-8-11(15)6-7-12(10)16/h6-8H,2-5,9H2,1H3,(H,19,20). The maximum absolute atomic E-state index is 13.6. The Hall–Kier alpha value is -1.43. The minimum atomic E-state index is -0.859. The Bertz CT molecular complexity index is 493.